The molecule has 0 heterocycles. The fraction of sp³-hybridized carbons (Fsp3) is 0.125. The highest BCUT2D eigenvalue weighted by molar-refractivity contribution is 9.11. The quantitative estimate of drug-likeness (QED) is 0.516. The van der Waals surface area contributed by atoms with Gasteiger partial charge >= 0.3 is 0 Å². The molecule has 0 radical (unpaired) electrons. The number of nitrogen functional groups attached to an aromatic ring is 1. The third-order valence-corrected chi connectivity index (χ3v) is 4.05. The van der Waals surface area contributed by atoms with Gasteiger partial charge in [-0.05, 0) is 71.2 Å². The van der Waals surface area contributed by atoms with Crippen LogP contribution in [-0.4, -0.2) is 0 Å². The number of halogens is 2. The lowest BCUT2D eigenvalue weighted by Crippen LogP contribution is -1.94. The molecule has 0 fully saturated rings. The van der Waals surface area contributed by atoms with Crippen molar-refractivity contribution in [3.63, 3.8) is 0 Å². The normalized spacial score (nSPS) is 9.89. The van der Waals surface area contributed by atoms with Crippen LogP contribution in [-0.2, 0) is 0 Å². The fourth-order valence-electron chi connectivity index (χ4n) is 1.78. The Kier molecular flexibility index (Phi) is 4.34. The van der Waals surface area contributed by atoms with Gasteiger partial charge in [-0.25, -0.2) is 0 Å². The van der Waals surface area contributed by atoms with E-state index in [1.807, 2.05) is 44.2 Å². The van der Waals surface area contributed by atoms with E-state index in [-0.39, 0.29) is 0 Å². The summed E-state index contributed by atoms with van der Waals surface area (Å²) in [5.74, 6) is 6.36. The molecule has 0 spiro atoms. The lowest BCUT2D eigenvalue weighted by atomic mass is 10.0. The van der Waals surface area contributed by atoms with Crippen LogP contribution in [0, 0.1) is 25.7 Å². The first-order valence-corrected chi connectivity index (χ1v) is 7.40. The zero-order valence-corrected chi connectivity index (χ0v) is 13.9. The molecule has 0 aliphatic carbocycles. The standard InChI is InChI=1S/C16H13Br2N/c1-10-7-12(8-11(2)16(10)19)3-4-13-9-14(17)5-6-15(13)18/h5-9H,19H2,1-2H3. The minimum absolute atomic E-state index is 0.842. The van der Waals surface area contributed by atoms with E-state index in [4.69, 9.17) is 5.73 Å². The van der Waals surface area contributed by atoms with Gasteiger partial charge in [-0.2, -0.15) is 0 Å². The SMILES string of the molecule is Cc1cc(C#Cc2cc(Br)ccc2Br)cc(C)c1N. The molecule has 3 heteroatoms. The second kappa shape index (κ2) is 5.81. The number of rotatable bonds is 0. The Hall–Kier alpha value is -1.24. The Morgan fingerprint density at radius 3 is 2.21 bits per heavy atom. The van der Waals surface area contributed by atoms with E-state index in [1.54, 1.807) is 0 Å². The van der Waals surface area contributed by atoms with Crippen LogP contribution < -0.4 is 5.73 Å². The second-order valence-electron chi connectivity index (χ2n) is 4.40. The van der Waals surface area contributed by atoms with Crippen LogP contribution in [0.15, 0.2) is 39.3 Å². The molecular weight excluding hydrogens is 366 g/mol. The molecule has 2 aromatic rings. The lowest BCUT2D eigenvalue weighted by Gasteiger charge is -2.04. The Morgan fingerprint density at radius 2 is 1.58 bits per heavy atom. The van der Waals surface area contributed by atoms with Crippen LogP contribution in [0.1, 0.15) is 22.3 Å². The number of hydrogen-bond donors (Lipinski definition) is 1. The Balaban J connectivity index is 2.42. The zero-order chi connectivity index (χ0) is 14.0. The maximum Gasteiger partial charge on any atom is 0.0402 e. The number of nitrogens with two attached hydrogens (primary N) is 1. The highest BCUT2D eigenvalue weighted by Crippen LogP contribution is 2.21. The molecule has 0 bridgehead atoms. The van der Waals surface area contributed by atoms with Gasteiger partial charge in [0.15, 0.2) is 0 Å². The highest BCUT2D eigenvalue weighted by atomic mass is 79.9. The molecule has 2 aromatic carbocycles. The number of benzene rings is 2. The summed E-state index contributed by atoms with van der Waals surface area (Å²) in [5, 5.41) is 0. The molecule has 19 heavy (non-hydrogen) atoms. The van der Waals surface area contributed by atoms with Crippen LogP contribution in [0.4, 0.5) is 5.69 Å². The van der Waals surface area contributed by atoms with Crippen LogP contribution in [0.5, 0.6) is 0 Å². The molecule has 96 valence electrons. The molecule has 2 N–H and O–H groups in total. The maximum absolute atomic E-state index is 5.94. The largest absolute Gasteiger partial charge is 0.398 e. The van der Waals surface area contributed by atoms with E-state index < -0.39 is 0 Å². The van der Waals surface area contributed by atoms with Crippen molar-refractivity contribution in [2.45, 2.75) is 13.8 Å². The minimum Gasteiger partial charge on any atom is -0.398 e. The fourth-order valence-corrected chi connectivity index (χ4v) is 2.49. The molecule has 2 rings (SSSR count). The van der Waals surface area contributed by atoms with E-state index in [2.05, 4.69) is 43.7 Å². The summed E-state index contributed by atoms with van der Waals surface area (Å²) >= 11 is 6.95. The number of aryl methyl sites for hydroxylation is 2. The van der Waals surface area contributed by atoms with Crippen molar-refractivity contribution in [1.82, 2.24) is 0 Å². The van der Waals surface area contributed by atoms with Crippen molar-refractivity contribution >= 4 is 37.5 Å². The van der Waals surface area contributed by atoms with Gasteiger partial charge in [0.2, 0.25) is 0 Å². The summed E-state index contributed by atoms with van der Waals surface area (Å²) in [6, 6.07) is 9.98. The second-order valence-corrected chi connectivity index (χ2v) is 6.17. The molecule has 0 amide bonds. The van der Waals surface area contributed by atoms with Crippen molar-refractivity contribution < 1.29 is 0 Å². The predicted octanol–water partition coefficient (Wildman–Crippen LogP) is 4.81. The summed E-state index contributed by atoms with van der Waals surface area (Å²) < 4.78 is 2.01. The summed E-state index contributed by atoms with van der Waals surface area (Å²) in [4.78, 5) is 0. The molecule has 0 aliphatic rings. The molecule has 0 unspecified atom stereocenters. The zero-order valence-electron chi connectivity index (χ0n) is 10.7. The van der Waals surface area contributed by atoms with Crippen molar-refractivity contribution in [2.24, 2.45) is 0 Å². The average molecular weight is 379 g/mol. The Labute approximate surface area is 130 Å². The van der Waals surface area contributed by atoms with Crippen molar-refractivity contribution in [2.75, 3.05) is 5.73 Å². The summed E-state index contributed by atoms with van der Waals surface area (Å²) in [6.07, 6.45) is 0. The Morgan fingerprint density at radius 1 is 0.947 bits per heavy atom. The summed E-state index contributed by atoms with van der Waals surface area (Å²) in [7, 11) is 0. The topological polar surface area (TPSA) is 26.0 Å². The maximum atomic E-state index is 5.94. The monoisotopic (exact) mass is 377 g/mol. The van der Waals surface area contributed by atoms with Crippen LogP contribution in [0.25, 0.3) is 0 Å². The third-order valence-electron chi connectivity index (χ3n) is 2.86. The van der Waals surface area contributed by atoms with Crippen LogP contribution in [0.3, 0.4) is 0 Å². The van der Waals surface area contributed by atoms with Gasteiger partial charge < -0.3 is 5.73 Å². The van der Waals surface area contributed by atoms with E-state index in [9.17, 15) is 0 Å². The van der Waals surface area contributed by atoms with E-state index in [0.29, 0.717) is 0 Å². The molecule has 0 atom stereocenters. The highest BCUT2D eigenvalue weighted by Gasteiger charge is 2.00. The smallest absolute Gasteiger partial charge is 0.0402 e. The number of hydrogen-bond acceptors (Lipinski definition) is 1. The first-order valence-electron chi connectivity index (χ1n) is 5.81. The van der Waals surface area contributed by atoms with Gasteiger partial charge in [0.25, 0.3) is 0 Å². The van der Waals surface area contributed by atoms with Crippen LogP contribution >= 0.6 is 31.9 Å². The van der Waals surface area contributed by atoms with Crippen LogP contribution in [0.2, 0.25) is 0 Å². The first-order chi connectivity index (χ1) is 8.97. The van der Waals surface area contributed by atoms with Gasteiger partial charge in [-0.3, -0.25) is 0 Å². The van der Waals surface area contributed by atoms with Gasteiger partial charge in [0.05, 0.1) is 0 Å². The van der Waals surface area contributed by atoms with Gasteiger partial charge in [0, 0.05) is 25.8 Å². The summed E-state index contributed by atoms with van der Waals surface area (Å²) in [5.41, 5.74) is 10.9. The van der Waals surface area contributed by atoms with Crippen molar-refractivity contribution in [3.05, 3.63) is 61.5 Å². The molecular formula is C16H13Br2N. The molecule has 0 aliphatic heterocycles. The molecule has 0 saturated heterocycles. The van der Waals surface area contributed by atoms with Crippen molar-refractivity contribution in [3.8, 4) is 11.8 Å². The number of anilines is 1. The van der Waals surface area contributed by atoms with Gasteiger partial charge in [-0.15, -0.1) is 0 Å². The van der Waals surface area contributed by atoms with Crippen molar-refractivity contribution in [1.29, 1.82) is 0 Å². The first kappa shape index (κ1) is 14.2. The molecule has 0 saturated carbocycles. The minimum atomic E-state index is 0.842. The van der Waals surface area contributed by atoms with E-state index >= 15 is 0 Å². The van der Waals surface area contributed by atoms with Gasteiger partial charge in [0.1, 0.15) is 0 Å². The van der Waals surface area contributed by atoms with Gasteiger partial charge in [-0.1, -0.05) is 27.8 Å². The third kappa shape index (κ3) is 3.40. The average Bonchev–Trinajstić information content (AvgIpc) is 2.37. The Bertz CT molecular complexity index is 671. The molecule has 0 aromatic heterocycles. The van der Waals surface area contributed by atoms with E-state index in [1.165, 1.54) is 0 Å². The lowest BCUT2D eigenvalue weighted by molar-refractivity contribution is 1.37. The summed E-state index contributed by atoms with van der Waals surface area (Å²) in [6.45, 7) is 4.01. The predicted molar refractivity (Wildman–Crippen MR) is 88.2 cm³/mol. The van der Waals surface area contributed by atoms with E-state index in [0.717, 1.165) is 36.9 Å². The molecule has 1 nitrogen and oxygen atoms in total.